The molecule has 0 saturated carbocycles. The molecule has 0 aliphatic heterocycles. The second kappa shape index (κ2) is 6.23. The molecule has 0 heterocycles. The van der Waals surface area contributed by atoms with E-state index in [-0.39, 0.29) is 18.0 Å². The first-order chi connectivity index (χ1) is 9.23. The van der Waals surface area contributed by atoms with Gasteiger partial charge in [0.15, 0.2) is 5.75 Å². The molecule has 0 aliphatic carbocycles. The summed E-state index contributed by atoms with van der Waals surface area (Å²) in [7, 11) is 0. The Bertz CT molecular complexity index is 508. The van der Waals surface area contributed by atoms with E-state index in [2.05, 4.69) is 5.32 Å². The number of benzene rings is 1. The van der Waals surface area contributed by atoms with Crippen LogP contribution in [0.3, 0.4) is 0 Å². The van der Waals surface area contributed by atoms with Crippen molar-refractivity contribution in [3.8, 4) is 5.75 Å². The number of nitrogens with zero attached hydrogens (tertiary/aromatic N) is 1. The Morgan fingerprint density at radius 2 is 2.05 bits per heavy atom. The van der Waals surface area contributed by atoms with Crippen LogP contribution >= 0.6 is 0 Å². The van der Waals surface area contributed by atoms with E-state index in [0.29, 0.717) is 5.69 Å². The number of nitro benzene ring substituents is 1. The highest BCUT2D eigenvalue weighted by Crippen LogP contribution is 2.30. The standard InChI is InChI=1S/C13H18N2O5/c1-5-19-11-8-9(6-7-10(11)15(17)18)14-12(16)20-13(2,3)4/h6-8H,5H2,1-4H3,(H,14,16). The minimum absolute atomic E-state index is 0.103. The molecule has 1 N–H and O–H groups in total. The third-order valence-corrected chi connectivity index (χ3v) is 2.10. The number of anilines is 1. The molecule has 0 radical (unpaired) electrons. The third-order valence-electron chi connectivity index (χ3n) is 2.10. The van der Waals surface area contributed by atoms with Gasteiger partial charge in [-0.25, -0.2) is 4.79 Å². The summed E-state index contributed by atoms with van der Waals surface area (Å²) in [6.45, 7) is 7.24. The molecule has 0 fully saturated rings. The van der Waals surface area contributed by atoms with Crippen molar-refractivity contribution in [2.24, 2.45) is 0 Å². The van der Waals surface area contributed by atoms with Gasteiger partial charge in [-0.15, -0.1) is 0 Å². The second-order valence-electron chi connectivity index (χ2n) is 5.00. The number of carbonyl (C=O) groups is 1. The van der Waals surface area contributed by atoms with Gasteiger partial charge in [-0.3, -0.25) is 15.4 Å². The third kappa shape index (κ3) is 4.75. The van der Waals surface area contributed by atoms with Gasteiger partial charge < -0.3 is 9.47 Å². The van der Waals surface area contributed by atoms with Crippen LogP contribution in [0.2, 0.25) is 0 Å². The Labute approximate surface area is 117 Å². The Hall–Kier alpha value is -2.31. The molecule has 0 bridgehead atoms. The first-order valence-corrected chi connectivity index (χ1v) is 6.14. The summed E-state index contributed by atoms with van der Waals surface area (Å²) in [5.41, 5.74) is -0.400. The number of hydrogen-bond donors (Lipinski definition) is 1. The van der Waals surface area contributed by atoms with E-state index in [1.54, 1.807) is 27.7 Å². The highest BCUT2D eigenvalue weighted by Gasteiger charge is 2.19. The average Bonchev–Trinajstić information content (AvgIpc) is 2.26. The number of nitrogens with one attached hydrogen (secondary N) is 1. The van der Waals surface area contributed by atoms with Crippen molar-refractivity contribution < 1.29 is 19.2 Å². The molecule has 0 aromatic heterocycles. The maximum Gasteiger partial charge on any atom is 0.412 e. The zero-order valence-corrected chi connectivity index (χ0v) is 11.9. The van der Waals surface area contributed by atoms with Gasteiger partial charge in [0.2, 0.25) is 0 Å². The lowest BCUT2D eigenvalue weighted by Gasteiger charge is -2.19. The summed E-state index contributed by atoms with van der Waals surface area (Å²) in [6.07, 6.45) is -0.631. The molecular weight excluding hydrogens is 264 g/mol. The maximum absolute atomic E-state index is 11.6. The molecular formula is C13H18N2O5. The van der Waals surface area contributed by atoms with Gasteiger partial charge in [0.1, 0.15) is 5.60 Å². The van der Waals surface area contributed by atoms with Gasteiger partial charge in [0.25, 0.3) is 0 Å². The topological polar surface area (TPSA) is 90.7 Å². The largest absolute Gasteiger partial charge is 0.487 e. The fourth-order valence-corrected chi connectivity index (χ4v) is 1.44. The zero-order chi connectivity index (χ0) is 15.3. The summed E-state index contributed by atoms with van der Waals surface area (Å²) in [5, 5.41) is 13.3. The lowest BCUT2D eigenvalue weighted by atomic mass is 10.2. The summed E-state index contributed by atoms with van der Waals surface area (Å²) >= 11 is 0. The molecule has 0 spiro atoms. The minimum Gasteiger partial charge on any atom is -0.487 e. The number of amides is 1. The monoisotopic (exact) mass is 282 g/mol. The molecule has 0 saturated heterocycles. The van der Waals surface area contributed by atoms with Crippen LogP contribution in [0.15, 0.2) is 18.2 Å². The Morgan fingerprint density at radius 1 is 1.40 bits per heavy atom. The van der Waals surface area contributed by atoms with Crippen LogP contribution < -0.4 is 10.1 Å². The van der Waals surface area contributed by atoms with E-state index < -0.39 is 16.6 Å². The molecule has 7 heteroatoms. The molecule has 7 nitrogen and oxygen atoms in total. The quantitative estimate of drug-likeness (QED) is 0.675. The van der Waals surface area contributed by atoms with Crippen LogP contribution in [-0.2, 0) is 4.74 Å². The average molecular weight is 282 g/mol. The summed E-state index contributed by atoms with van der Waals surface area (Å²) in [5.74, 6) is 0.103. The second-order valence-corrected chi connectivity index (χ2v) is 5.00. The molecule has 1 aromatic carbocycles. The number of hydrogen-bond acceptors (Lipinski definition) is 5. The molecule has 0 atom stereocenters. The molecule has 1 aromatic rings. The van der Waals surface area contributed by atoms with Crippen LogP contribution in [0.1, 0.15) is 27.7 Å². The Balaban J connectivity index is 2.89. The first-order valence-electron chi connectivity index (χ1n) is 6.14. The van der Waals surface area contributed by atoms with E-state index in [0.717, 1.165) is 0 Å². The molecule has 110 valence electrons. The van der Waals surface area contributed by atoms with Crippen LogP contribution in [0.4, 0.5) is 16.2 Å². The number of nitro groups is 1. The summed E-state index contributed by atoms with van der Waals surface area (Å²) in [4.78, 5) is 21.9. The van der Waals surface area contributed by atoms with Gasteiger partial charge in [0.05, 0.1) is 11.5 Å². The normalized spacial score (nSPS) is 10.8. The lowest BCUT2D eigenvalue weighted by molar-refractivity contribution is -0.385. The first kappa shape index (κ1) is 15.7. The van der Waals surface area contributed by atoms with E-state index >= 15 is 0 Å². The molecule has 0 aliphatic rings. The van der Waals surface area contributed by atoms with Gasteiger partial charge >= 0.3 is 11.8 Å². The van der Waals surface area contributed by atoms with E-state index in [4.69, 9.17) is 9.47 Å². The van der Waals surface area contributed by atoms with Gasteiger partial charge in [-0.05, 0) is 33.8 Å². The minimum atomic E-state index is -0.631. The van der Waals surface area contributed by atoms with Crippen molar-refractivity contribution in [1.82, 2.24) is 0 Å². The molecule has 20 heavy (non-hydrogen) atoms. The Kier molecular flexibility index (Phi) is 4.90. The van der Waals surface area contributed by atoms with Gasteiger partial charge in [-0.1, -0.05) is 0 Å². The van der Waals surface area contributed by atoms with E-state index in [1.807, 2.05) is 0 Å². The van der Waals surface area contributed by atoms with Gasteiger partial charge in [-0.2, -0.15) is 0 Å². The fourth-order valence-electron chi connectivity index (χ4n) is 1.44. The molecule has 1 rings (SSSR count). The zero-order valence-electron chi connectivity index (χ0n) is 11.9. The van der Waals surface area contributed by atoms with Gasteiger partial charge in [0, 0.05) is 17.8 Å². The van der Waals surface area contributed by atoms with Crippen molar-refractivity contribution in [1.29, 1.82) is 0 Å². The van der Waals surface area contributed by atoms with Crippen molar-refractivity contribution in [3.05, 3.63) is 28.3 Å². The smallest absolute Gasteiger partial charge is 0.412 e. The van der Waals surface area contributed by atoms with Crippen molar-refractivity contribution in [2.45, 2.75) is 33.3 Å². The highest BCUT2D eigenvalue weighted by atomic mass is 16.6. The number of ether oxygens (including phenoxy) is 2. The fraction of sp³-hybridized carbons (Fsp3) is 0.462. The molecule has 1 amide bonds. The number of rotatable bonds is 4. The summed E-state index contributed by atoms with van der Waals surface area (Å²) < 4.78 is 10.3. The SMILES string of the molecule is CCOc1cc(NC(=O)OC(C)(C)C)ccc1[N+](=O)[O-]. The predicted octanol–water partition coefficient (Wildman–Crippen LogP) is 3.34. The lowest BCUT2D eigenvalue weighted by Crippen LogP contribution is -2.27. The van der Waals surface area contributed by atoms with Crippen molar-refractivity contribution >= 4 is 17.5 Å². The summed E-state index contributed by atoms with van der Waals surface area (Å²) in [6, 6.07) is 4.09. The van der Waals surface area contributed by atoms with Crippen molar-refractivity contribution in [2.75, 3.05) is 11.9 Å². The molecule has 0 unspecified atom stereocenters. The van der Waals surface area contributed by atoms with Crippen molar-refractivity contribution in [3.63, 3.8) is 0 Å². The van der Waals surface area contributed by atoms with Crippen LogP contribution in [0.25, 0.3) is 0 Å². The van der Waals surface area contributed by atoms with Crippen LogP contribution in [0, 0.1) is 10.1 Å². The van der Waals surface area contributed by atoms with Crippen LogP contribution in [-0.4, -0.2) is 23.2 Å². The Morgan fingerprint density at radius 3 is 2.55 bits per heavy atom. The maximum atomic E-state index is 11.6. The predicted molar refractivity (Wildman–Crippen MR) is 74.1 cm³/mol. The van der Waals surface area contributed by atoms with E-state index in [1.165, 1.54) is 18.2 Å². The van der Waals surface area contributed by atoms with E-state index in [9.17, 15) is 14.9 Å². The number of carbonyl (C=O) groups excluding carboxylic acids is 1. The highest BCUT2D eigenvalue weighted by molar-refractivity contribution is 5.85. The van der Waals surface area contributed by atoms with Crippen LogP contribution in [0.5, 0.6) is 5.75 Å².